The Balaban J connectivity index is 1.44. The smallest absolute Gasteiger partial charge is 0.484 e. The Kier molecular flexibility index (Phi) is 7.65. The van der Waals surface area contributed by atoms with E-state index in [1.54, 1.807) is 6.92 Å². The topological polar surface area (TPSA) is 96.9 Å². The molecule has 0 saturated heterocycles. The number of anilines is 1. The molecule has 7 nitrogen and oxygen atoms in total. The summed E-state index contributed by atoms with van der Waals surface area (Å²) in [4.78, 5) is 24.6. The number of nitrogens with one attached hydrogen (secondary N) is 2. The minimum absolute atomic E-state index is 0.119. The minimum atomic E-state index is -4.80. The number of carbonyl (C=O) groups is 2. The number of rotatable bonds is 7. The fourth-order valence-corrected chi connectivity index (χ4v) is 3.57. The van der Waals surface area contributed by atoms with Crippen LogP contribution in [0.25, 0.3) is 0 Å². The van der Waals surface area contributed by atoms with Gasteiger partial charge in [0.05, 0.1) is 0 Å². The summed E-state index contributed by atoms with van der Waals surface area (Å²) in [5.74, 6) is -2.06. The summed E-state index contributed by atoms with van der Waals surface area (Å²) >= 11 is 0. The van der Waals surface area contributed by atoms with Gasteiger partial charge in [-0.3, -0.25) is 9.59 Å². The van der Waals surface area contributed by atoms with Crippen LogP contribution >= 0.6 is 0 Å². The lowest BCUT2D eigenvalue weighted by Crippen LogP contribution is -2.52. The van der Waals surface area contributed by atoms with Gasteiger partial charge in [-0.05, 0) is 68.5 Å². The summed E-state index contributed by atoms with van der Waals surface area (Å²) in [6, 6.07) is 8.97. The van der Waals surface area contributed by atoms with Crippen LogP contribution in [0, 0.1) is 18.7 Å². The molecule has 34 heavy (non-hydrogen) atoms. The first kappa shape index (κ1) is 25.3. The maximum absolute atomic E-state index is 13.6. The van der Waals surface area contributed by atoms with E-state index in [1.165, 1.54) is 24.3 Å². The number of amides is 2. The monoisotopic (exact) mass is 484 g/mol. The first-order chi connectivity index (χ1) is 15.9. The van der Waals surface area contributed by atoms with Gasteiger partial charge < -0.3 is 25.2 Å². The molecule has 0 bridgehead atoms. The van der Waals surface area contributed by atoms with Crippen molar-refractivity contribution in [2.75, 3.05) is 11.9 Å². The molecule has 0 unspecified atom stereocenters. The lowest BCUT2D eigenvalue weighted by molar-refractivity contribution is -0.274. The van der Waals surface area contributed by atoms with E-state index in [4.69, 9.17) is 4.74 Å². The van der Waals surface area contributed by atoms with Crippen molar-refractivity contribution in [3.05, 3.63) is 53.8 Å². The summed E-state index contributed by atoms with van der Waals surface area (Å²) in [5, 5.41) is 15.8. The van der Waals surface area contributed by atoms with Crippen LogP contribution < -0.4 is 20.1 Å². The van der Waals surface area contributed by atoms with Gasteiger partial charge in [0, 0.05) is 17.7 Å². The molecule has 2 aromatic carbocycles. The Morgan fingerprint density at radius 3 is 2.29 bits per heavy atom. The molecule has 1 saturated carbocycles. The van der Waals surface area contributed by atoms with Gasteiger partial charge in [-0.15, -0.1) is 13.2 Å². The Morgan fingerprint density at radius 2 is 1.71 bits per heavy atom. The van der Waals surface area contributed by atoms with Gasteiger partial charge in [-0.1, -0.05) is 6.07 Å². The number of benzene rings is 2. The van der Waals surface area contributed by atoms with Crippen LogP contribution in [0.4, 0.5) is 23.2 Å². The van der Waals surface area contributed by atoms with Crippen LogP contribution in [0.3, 0.4) is 0 Å². The van der Waals surface area contributed by atoms with Crippen molar-refractivity contribution in [3.63, 3.8) is 0 Å². The highest BCUT2D eigenvalue weighted by molar-refractivity contribution is 5.92. The van der Waals surface area contributed by atoms with Crippen molar-refractivity contribution in [2.24, 2.45) is 5.92 Å². The predicted molar refractivity (Wildman–Crippen MR) is 113 cm³/mol. The summed E-state index contributed by atoms with van der Waals surface area (Å²) in [6.45, 7) is 1.18. The molecule has 2 aromatic rings. The average molecular weight is 484 g/mol. The number of hydrogen-bond donors (Lipinski definition) is 3. The third kappa shape index (κ3) is 7.34. The largest absolute Gasteiger partial charge is 0.573 e. The Hall–Kier alpha value is -3.34. The van der Waals surface area contributed by atoms with Crippen LogP contribution in [-0.2, 0) is 9.59 Å². The molecule has 3 rings (SSSR count). The Labute approximate surface area is 193 Å². The van der Waals surface area contributed by atoms with E-state index < -0.39 is 42.1 Å². The second kappa shape index (κ2) is 10.3. The van der Waals surface area contributed by atoms with Crippen molar-refractivity contribution in [3.8, 4) is 11.5 Å². The highest BCUT2D eigenvalue weighted by Gasteiger charge is 2.37. The third-order valence-corrected chi connectivity index (χ3v) is 5.42. The SMILES string of the molecule is Cc1ccc(OCC(=O)NC2(O)CCC(C(=O)Nc3ccc(OC(F)(F)F)cc3)CC2)cc1F. The second-order valence-electron chi connectivity index (χ2n) is 8.12. The summed E-state index contributed by atoms with van der Waals surface area (Å²) in [7, 11) is 0. The van der Waals surface area contributed by atoms with Gasteiger partial charge in [0.15, 0.2) is 6.61 Å². The number of aryl methyl sites for hydroxylation is 1. The number of halogens is 4. The molecule has 1 aliphatic carbocycles. The first-order valence-electron chi connectivity index (χ1n) is 10.5. The number of hydrogen-bond acceptors (Lipinski definition) is 5. The van der Waals surface area contributed by atoms with Crippen molar-refractivity contribution in [1.82, 2.24) is 5.32 Å². The number of alkyl halides is 3. The van der Waals surface area contributed by atoms with Gasteiger partial charge in [-0.25, -0.2) is 4.39 Å². The first-order valence-corrected chi connectivity index (χ1v) is 10.5. The number of ether oxygens (including phenoxy) is 2. The highest BCUT2D eigenvalue weighted by atomic mass is 19.4. The van der Waals surface area contributed by atoms with Gasteiger partial charge in [-0.2, -0.15) is 0 Å². The molecule has 3 N–H and O–H groups in total. The molecule has 2 amide bonds. The van der Waals surface area contributed by atoms with Crippen molar-refractivity contribution in [2.45, 2.75) is 44.7 Å². The van der Waals surface area contributed by atoms with Gasteiger partial charge >= 0.3 is 6.36 Å². The average Bonchev–Trinajstić information content (AvgIpc) is 2.75. The van der Waals surface area contributed by atoms with Crippen LogP contribution in [0.2, 0.25) is 0 Å². The molecule has 0 aliphatic heterocycles. The van der Waals surface area contributed by atoms with Gasteiger partial charge in [0.25, 0.3) is 5.91 Å². The Bertz CT molecular complexity index is 1020. The van der Waals surface area contributed by atoms with Crippen molar-refractivity contribution < 1.29 is 41.7 Å². The van der Waals surface area contributed by atoms with Crippen LogP contribution in [-0.4, -0.2) is 35.6 Å². The predicted octanol–water partition coefficient (Wildman–Crippen LogP) is 4.05. The zero-order valence-electron chi connectivity index (χ0n) is 18.2. The van der Waals surface area contributed by atoms with Gasteiger partial charge in [0.2, 0.25) is 5.91 Å². The summed E-state index contributed by atoms with van der Waals surface area (Å²) < 4.78 is 59.3. The normalized spacial score (nSPS) is 20.4. The van der Waals surface area contributed by atoms with E-state index >= 15 is 0 Å². The van der Waals surface area contributed by atoms with E-state index in [9.17, 15) is 32.3 Å². The number of carbonyl (C=O) groups excluding carboxylic acids is 2. The molecule has 1 fully saturated rings. The fourth-order valence-electron chi connectivity index (χ4n) is 3.57. The molecule has 1 aliphatic rings. The van der Waals surface area contributed by atoms with E-state index in [0.29, 0.717) is 11.3 Å². The molecule has 0 radical (unpaired) electrons. The molecule has 0 atom stereocenters. The van der Waals surface area contributed by atoms with Crippen LogP contribution in [0.5, 0.6) is 11.5 Å². The molecule has 0 heterocycles. The van der Waals surface area contributed by atoms with E-state index in [0.717, 1.165) is 18.2 Å². The minimum Gasteiger partial charge on any atom is -0.484 e. The van der Waals surface area contributed by atoms with Gasteiger partial charge in [0.1, 0.15) is 23.0 Å². The second-order valence-corrected chi connectivity index (χ2v) is 8.12. The van der Waals surface area contributed by atoms with E-state index in [2.05, 4.69) is 15.4 Å². The van der Waals surface area contributed by atoms with E-state index in [1.807, 2.05) is 0 Å². The zero-order valence-corrected chi connectivity index (χ0v) is 18.2. The highest BCUT2D eigenvalue weighted by Crippen LogP contribution is 2.31. The lowest BCUT2D eigenvalue weighted by atomic mass is 9.83. The zero-order chi connectivity index (χ0) is 24.9. The quantitative estimate of drug-likeness (QED) is 0.407. The molecule has 11 heteroatoms. The summed E-state index contributed by atoms with van der Waals surface area (Å²) in [5.41, 5.74) is -0.760. The fraction of sp³-hybridized carbons (Fsp3) is 0.391. The molecule has 0 aromatic heterocycles. The molecule has 0 spiro atoms. The van der Waals surface area contributed by atoms with Crippen molar-refractivity contribution in [1.29, 1.82) is 0 Å². The maximum atomic E-state index is 13.6. The van der Waals surface area contributed by atoms with Crippen LogP contribution in [0.15, 0.2) is 42.5 Å². The Morgan fingerprint density at radius 1 is 1.09 bits per heavy atom. The van der Waals surface area contributed by atoms with Crippen molar-refractivity contribution >= 4 is 17.5 Å². The third-order valence-electron chi connectivity index (χ3n) is 5.42. The maximum Gasteiger partial charge on any atom is 0.573 e. The van der Waals surface area contributed by atoms with E-state index in [-0.39, 0.29) is 37.3 Å². The molecular weight excluding hydrogens is 460 g/mol. The lowest BCUT2D eigenvalue weighted by Gasteiger charge is -2.36. The molecular formula is C23H24F4N2O5. The number of aliphatic hydroxyl groups is 1. The summed E-state index contributed by atoms with van der Waals surface area (Å²) in [6.07, 6.45) is -4.00. The standard InChI is InChI=1S/C23H24F4N2O5/c1-14-2-5-18(12-19(14)24)33-13-20(30)29-22(32)10-8-15(9-11-22)21(31)28-16-3-6-17(7-4-16)34-23(25,26)27/h2-7,12,15,32H,8-11,13H2,1H3,(H,28,31)(H,29,30). The van der Waals surface area contributed by atoms with Crippen LogP contribution in [0.1, 0.15) is 31.2 Å². The molecule has 184 valence electrons.